The van der Waals surface area contributed by atoms with E-state index in [1.54, 1.807) is 0 Å². The average molecular weight is 306 g/mol. The minimum Gasteiger partial charge on any atom is -0.399 e. The molecule has 0 amide bonds. The van der Waals surface area contributed by atoms with E-state index in [0.29, 0.717) is 0 Å². The molecule has 2 aromatic rings. The number of hydrogen-bond acceptors (Lipinski definition) is 3. The molecule has 0 radical (unpaired) electrons. The first-order valence-corrected chi connectivity index (χ1v) is 6.66. The fourth-order valence-electron chi connectivity index (χ4n) is 1.66. The summed E-state index contributed by atoms with van der Waals surface area (Å²) in [5, 5.41) is 3.31. The molecule has 0 saturated heterocycles. The van der Waals surface area contributed by atoms with Crippen LogP contribution in [-0.4, -0.2) is 11.5 Å². The second-order valence-corrected chi connectivity index (χ2v) is 5.04. The van der Waals surface area contributed by atoms with Crippen LogP contribution in [0.4, 0.5) is 11.5 Å². The van der Waals surface area contributed by atoms with E-state index in [2.05, 4.69) is 38.4 Å². The summed E-state index contributed by atoms with van der Waals surface area (Å²) in [5.74, 6) is 0.908. The number of nitrogen functional groups attached to an aromatic ring is 1. The zero-order chi connectivity index (χ0) is 13.0. The number of nitrogens with zero attached hydrogens (tertiary/aromatic N) is 1. The SMILES string of the molecule is Cc1nc(NCCc2ccc(N)cc2)ccc1Br. The average Bonchev–Trinajstić information content (AvgIpc) is 2.36. The van der Waals surface area contributed by atoms with E-state index in [9.17, 15) is 0 Å². The molecule has 0 aliphatic heterocycles. The fraction of sp³-hybridized carbons (Fsp3) is 0.214. The summed E-state index contributed by atoms with van der Waals surface area (Å²) < 4.78 is 1.03. The normalized spacial score (nSPS) is 10.3. The van der Waals surface area contributed by atoms with Crippen molar-refractivity contribution in [2.45, 2.75) is 13.3 Å². The van der Waals surface area contributed by atoms with Crippen LogP contribution in [0.15, 0.2) is 40.9 Å². The number of nitrogens with one attached hydrogen (secondary N) is 1. The Kier molecular flexibility index (Phi) is 4.20. The van der Waals surface area contributed by atoms with E-state index in [4.69, 9.17) is 5.73 Å². The van der Waals surface area contributed by atoms with Crippen LogP contribution in [0.3, 0.4) is 0 Å². The van der Waals surface area contributed by atoms with E-state index in [1.165, 1.54) is 5.56 Å². The molecule has 0 aliphatic rings. The van der Waals surface area contributed by atoms with E-state index < -0.39 is 0 Å². The maximum absolute atomic E-state index is 5.65. The first-order valence-electron chi connectivity index (χ1n) is 5.86. The molecule has 0 fully saturated rings. The highest BCUT2D eigenvalue weighted by Crippen LogP contribution is 2.16. The van der Waals surface area contributed by atoms with Gasteiger partial charge in [0, 0.05) is 16.7 Å². The molecule has 3 nitrogen and oxygen atoms in total. The number of nitrogens with two attached hydrogens (primary N) is 1. The van der Waals surface area contributed by atoms with Crippen LogP contribution in [0.1, 0.15) is 11.3 Å². The van der Waals surface area contributed by atoms with Gasteiger partial charge in [-0.25, -0.2) is 4.98 Å². The molecule has 0 spiro atoms. The summed E-state index contributed by atoms with van der Waals surface area (Å²) in [5.41, 5.74) is 8.71. The second-order valence-electron chi connectivity index (χ2n) is 4.18. The van der Waals surface area contributed by atoms with Gasteiger partial charge >= 0.3 is 0 Å². The molecular weight excluding hydrogens is 290 g/mol. The molecule has 4 heteroatoms. The topological polar surface area (TPSA) is 50.9 Å². The van der Waals surface area contributed by atoms with Gasteiger partial charge in [0.2, 0.25) is 0 Å². The zero-order valence-electron chi connectivity index (χ0n) is 10.3. The zero-order valence-corrected chi connectivity index (χ0v) is 11.9. The van der Waals surface area contributed by atoms with E-state index >= 15 is 0 Å². The molecule has 94 valence electrons. The van der Waals surface area contributed by atoms with Crippen LogP contribution in [0, 0.1) is 6.92 Å². The van der Waals surface area contributed by atoms with Gasteiger partial charge < -0.3 is 11.1 Å². The summed E-state index contributed by atoms with van der Waals surface area (Å²) in [6.45, 7) is 2.84. The Labute approximate surface area is 116 Å². The van der Waals surface area contributed by atoms with Gasteiger partial charge in [-0.05, 0) is 59.1 Å². The largest absolute Gasteiger partial charge is 0.399 e. The predicted molar refractivity (Wildman–Crippen MR) is 79.7 cm³/mol. The second kappa shape index (κ2) is 5.87. The van der Waals surface area contributed by atoms with Crippen LogP contribution in [0.25, 0.3) is 0 Å². The van der Waals surface area contributed by atoms with Gasteiger partial charge in [-0.15, -0.1) is 0 Å². The minimum atomic E-state index is 0.803. The number of aryl methyl sites for hydroxylation is 1. The monoisotopic (exact) mass is 305 g/mol. The number of hydrogen-bond donors (Lipinski definition) is 2. The third-order valence-corrected chi connectivity index (χ3v) is 3.56. The first kappa shape index (κ1) is 12.9. The highest BCUT2D eigenvalue weighted by Gasteiger charge is 1.99. The van der Waals surface area contributed by atoms with Gasteiger partial charge in [-0.3, -0.25) is 0 Å². The summed E-state index contributed by atoms with van der Waals surface area (Å²) in [7, 11) is 0. The van der Waals surface area contributed by atoms with Gasteiger partial charge in [0.05, 0.1) is 5.69 Å². The van der Waals surface area contributed by atoms with Crippen LogP contribution in [0.2, 0.25) is 0 Å². The van der Waals surface area contributed by atoms with Crippen molar-refractivity contribution >= 4 is 27.4 Å². The van der Waals surface area contributed by atoms with E-state index in [0.717, 1.165) is 34.6 Å². The van der Waals surface area contributed by atoms with Gasteiger partial charge in [-0.1, -0.05) is 12.1 Å². The summed E-state index contributed by atoms with van der Waals surface area (Å²) in [6.07, 6.45) is 0.955. The molecule has 0 bridgehead atoms. The number of rotatable bonds is 4. The molecule has 0 saturated carbocycles. The van der Waals surface area contributed by atoms with Crippen molar-refractivity contribution in [3.8, 4) is 0 Å². The molecule has 1 heterocycles. The van der Waals surface area contributed by atoms with Crippen LogP contribution in [0.5, 0.6) is 0 Å². The van der Waals surface area contributed by atoms with Crippen LogP contribution >= 0.6 is 15.9 Å². The van der Waals surface area contributed by atoms with Gasteiger partial charge in [0.25, 0.3) is 0 Å². The quantitative estimate of drug-likeness (QED) is 0.851. The smallest absolute Gasteiger partial charge is 0.126 e. The lowest BCUT2D eigenvalue weighted by atomic mass is 10.1. The Morgan fingerprint density at radius 2 is 1.89 bits per heavy atom. The third kappa shape index (κ3) is 3.47. The summed E-state index contributed by atoms with van der Waals surface area (Å²) in [6, 6.07) is 11.9. The van der Waals surface area contributed by atoms with Crippen LogP contribution < -0.4 is 11.1 Å². The molecule has 2 rings (SSSR count). The number of halogens is 1. The standard InChI is InChI=1S/C14H16BrN3/c1-10-13(15)6-7-14(18-10)17-9-8-11-2-4-12(16)5-3-11/h2-7H,8-9,16H2,1H3,(H,17,18). The number of benzene rings is 1. The maximum atomic E-state index is 5.65. The van der Waals surface area contributed by atoms with Crippen molar-refractivity contribution in [3.05, 3.63) is 52.1 Å². The number of aromatic nitrogens is 1. The fourth-order valence-corrected chi connectivity index (χ4v) is 1.88. The first-order chi connectivity index (χ1) is 8.65. The molecule has 0 unspecified atom stereocenters. The highest BCUT2D eigenvalue weighted by molar-refractivity contribution is 9.10. The van der Waals surface area contributed by atoms with Crippen molar-refractivity contribution in [3.63, 3.8) is 0 Å². The summed E-state index contributed by atoms with van der Waals surface area (Å²) >= 11 is 3.44. The van der Waals surface area contributed by atoms with Gasteiger partial charge in [0.1, 0.15) is 5.82 Å². The number of pyridine rings is 1. The lowest BCUT2D eigenvalue weighted by Gasteiger charge is -2.07. The Morgan fingerprint density at radius 1 is 1.17 bits per heavy atom. The predicted octanol–water partition coefficient (Wildman–Crippen LogP) is 3.39. The molecule has 3 N–H and O–H groups in total. The Hall–Kier alpha value is -1.55. The van der Waals surface area contributed by atoms with Crippen molar-refractivity contribution < 1.29 is 0 Å². The minimum absolute atomic E-state index is 0.803. The third-order valence-electron chi connectivity index (χ3n) is 2.72. The summed E-state index contributed by atoms with van der Waals surface area (Å²) in [4.78, 5) is 4.44. The molecular formula is C14H16BrN3. The van der Waals surface area contributed by atoms with Crippen LogP contribution in [-0.2, 0) is 6.42 Å². The lowest BCUT2D eigenvalue weighted by Crippen LogP contribution is -2.06. The van der Waals surface area contributed by atoms with Gasteiger partial charge in [-0.2, -0.15) is 0 Å². The van der Waals surface area contributed by atoms with Crippen molar-refractivity contribution in [2.24, 2.45) is 0 Å². The molecule has 1 aromatic heterocycles. The van der Waals surface area contributed by atoms with E-state index in [1.807, 2.05) is 31.2 Å². The van der Waals surface area contributed by atoms with Crippen molar-refractivity contribution in [1.82, 2.24) is 4.98 Å². The lowest BCUT2D eigenvalue weighted by molar-refractivity contribution is 1.000. The van der Waals surface area contributed by atoms with E-state index in [-0.39, 0.29) is 0 Å². The Morgan fingerprint density at radius 3 is 2.56 bits per heavy atom. The molecule has 0 aliphatic carbocycles. The molecule has 18 heavy (non-hydrogen) atoms. The molecule has 0 atom stereocenters. The maximum Gasteiger partial charge on any atom is 0.126 e. The Bertz CT molecular complexity index is 523. The Balaban J connectivity index is 1.88. The van der Waals surface area contributed by atoms with Gasteiger partial charge in [0.15, 0.2) is 0 Å². The van der Waals surface area contributed by atoms with Crippen molar-refractivity contribution in [2.75, 3.05) is 17.6 Å². The number of anilines is 2. The molecule has 1 aromatic carbocycles. The highest BCUT2D eigenvalue weighted by atomic mass is 79.9. The van der Waals surface area contributed by atoms with Crippen molar-refractivity contribution in [1.29, 1.82) is 0 Å².